The smallest absolute Gasteiger partial charge is 0.0363 e. The van der Waals surface area contributed by atoms with Crippen molar-refractivity contribution in [3.8, 4) is 10.4 Å². The van der Waals surface area contributed by atoms with Crippen molar-refractivity contribution in [1.82, 2.24) is 0 Å². The molecule has 0 bridgehead atoms. The van der Waals surface area contributed by atoms with Crippen LogP contribution in [0.4, 0.5) is 0 Å². The molecule has 0 aliphatic heterocycles. The molecule has 0 spiro atoms. The molecule has 0 nitrogen and oxygen atoms in total. The Balaban J connectivity index is 2.07. The van der Waals surface area contributed by atoms with E-state index < -0.39 is 0 Å². The molecule has 0 radical (unpaired) electrons. The first-order valence-corrected chi connectivity index (χ1v) is 8.51. The van der Waals surface area contributed by atoms with Crippen molar-refractivity contribution in [2.75, 3.05) is 0 Å². The topological polar surface area (TPSA) is 0 Å². The third kappa shape index (κ3) is 2.19. The molecule has 0 fully saturated rings. The number of aryl methyl sites for hydroxylation is 1. The Morgan fingerprint density at radius 2 is 1.52 bits per heavy atom. The molecule has 4 rings (SSSR count). The van der Waals surface area contributed by atoms with E-state index in [1.54, 1.807) is 0 Å². The maximum absolute atomic E-state index is 3.63. The average Bonchev–Trinajstić information content (AvgIpc) is 2.84. The molecule has 1 aromatic heterocycles. The molecule has 0 atom stereocenters. The molecule has 21 heavy (non-hydrogen) atoms. The highest BCUT2D eigenvalue weighted by Gasteiger charge is 2.09. The van der Waals surface area contributed by atoms with Crippen LogP contribution in [-0.4, -0.2) is 0 Å². The van der Waals surface area contributed by atoms with E-state index in [0.717, 1.165) is 0 Å². The fourth-order valence-corrected chi connectivity index (χ4v) is 4.35. The number of hydrogen-bond acceptors (Lipinski definition) is 1. The van der Waals surface area contributed by atoms with Gasteiger partial charge in [-0.15, -0.1) is 11.3 Å². The standard InChI is InChI=1S/C19H13BrS/c1-12-18(20)11-19(21-12)16-8-4-7-15-9-13-5-2-3-6-14(13)10-17(15)16/h2-11H,1H3. The number of rotatable bonds is 1. The minimum Gasteiger partial charge on any atom is -0.139 e. The number of halogens is 1. The lowest BCUT2D eigenvalue weighted by Gasteiger charge is -2.07. The van der Waals surface area contributed by atoms with Crippen LogP contribution in [0.25, 0.3) is 32.0 Å². The minimum absolute atomic E-state index is 1.19. The highest BCUT2D eigenvalue weighted by molar-refractivity contribution is 9.10. The van der Waals surface area contributed by atoms with E-state index in [1.807, 2.05) is 11.3 Å². The molecule has 0 unspecified atom stereocenters. The van der Waals surface area contributed by atoms with Gasteiger partial charge in [0.05, 0.1) is 0 Å². The predicted molar refractivity (Wildman–Crippen MR) is 97.2 cm³/mol. The van der Waals surface area contributed by atoms with Gasteiger partial charge in [-0.1, -0.05) is 42.5 Å². The second-order valence-corrected chi connectivity index (χ2v) is 7.35. The Hall–Kier alpha value is -1.64. The summed E-state index contributed by atoms with van der Waals surface area (Å²) in [6.07, 6.45) is 0. The zero-order chi connectivity index (χ0) is 14.4. The van der Waals surface area contributed by atoms with Crippen molar-refractivity contribution in [2.45, 2.75) is 6.92 Å². The maximum Gasteiger partial charge on any atom is 0.0363 e. The summed E-state index contributed by atoms with van der Waals surface area (Å²) in [5.74, 6) is 0. The van der Waals surface area contributed by atoms with Crippen molar-refractivity contribution in [1.29, 1.82) is 0 Å². The summed E-state index contributed by atoms with van der Waals surface area (Å²) in [5.41, 5.74) is 1.32. The van der Waals surface area contributed by atoms with Crippen LogP contribution in [0.1, 0.15) is 4.88 Å². The second-order valence-electron chi connectivity index (χ2n) is 5.24. The summed E-state index contributed by atoms with van der Waals surface area (Å²) in [7, 11) is 0. The van der Waals surface area contributed by atoms with E-state index in [0.29, 0.717) is 0 Å². The monoisotopic (exact) mass is 352 g/mol. The van der Waals surface area contributed by atoms with E-state index >= 15 is 0 Å². The average molecular weight is 353 g/mol. The van der Waals surface area contributed by atoms with Crippen LogP contribution in [-0.2, 0) is 0 Å². The minimum atomic E-state index is 1.19. The molecule has 4 aromatic rings. The summed E-state index contributed by atoms with van der Waals surface area (Å²) >= 11 is 5.47. The zero-order valence-corrected chi connectivity index (χ0v) is 14.0. The van der Waals surface area contributed by atoms with Crippen LogP contribution < -0.4 is 0 Å². The largest absolute Gasteiger partial charge is 0.139 e. The predicted octanol–water partition coefficient (Wildman–Crippen LogP) is 6.79. The Morgan fingerprint density at radius 1 is 0.810 bits per heavy atom. The molecular formula is C19H13BrS. The summed E-state index contributed by atoms with van der Waals surface area (Å²) in [5, 5.41) is 5.22. The summed E-state index contributed by atoms with van der Waals surface area (Å²) in [6, 6.07) is 21.9. The second kappa shape index (κ2) is 4.97. The van der Waals surface area contributed by atoms with Gasteiger partial charge < -0.3 is 0 Å². The van der Waals surface area contributed by atoms with Gasteiger partial charge in [0.15, 0.2) is 0 Å². The fourth-order valence-electron chi connectivity index (χ4n) is 2.77. The van der Waals surface area contributed by atoms with Gasteiger partial charge in [-0.3, -0.25) is 0 Å². The molecule has 0 N–H and O–H groups in total. The first-order chi connectivity index (χ1) is 10.2. The van der Waals surface area contributed by atoms with Gasteiger partial charge >= 0.3 is 0 Å². The molecule has 2 heteroatoms. The Morgan fingerprint density at radius 3 is 2.24 bits per heavy atom. The van der Waals surface area contributed by atoms with Crippen molar-refractivity contribution in [2.24, 2.45) is 0 Å². The third-order valence-electron chi connectivity index (χ3n) is 3.87. The first kappa shape index (κ1) is 13.1. The van der Waals surface area contributed by atoms with Crippen LogP contribution in [0.15, 0.2) is 65.1 Å². The van der Waals surface area contributed by atoms with Gasteiger partial charge in [-0.05, 0) is 68.2 Å². The van der Waals surface area contributed by atoms with Crippen LogP contribution in [0.2, 0.25) is 0 Å². The Bertz CT molecular complexity index is 946. The number of thiophene rings is 1. The number of fused-ring (bicyclic) bond motifs is 2. The summed E-state index contributed by atoms with van der Waals surface area (Å²) in [4.78, 5) is 2.64. The van der Waals surface area contributed by atoms with E-state index in [2.05, 4.69) is 83.5 Å². The van der Waals surface area contributed by atoms with Gasteiger partial charge in [0.2, 0.25) is 0 Å². The third-order valence-corrected chi connectivity index (χ3v) is 6.04. The molecule has 0 aliphatic rings. The van der Waals surface area contributed by atoms with Gasteiger partial charge in [-0.25, -0.2) is 0 Å². The quantitative estimate of drug-likeness (QED) is 0.330. The van der Waals surface area contributed by atoms with Gasteiger partial charge in [-0.2, -0.15) is 0 Å². The highest BCUT2D eigenvalue weighted by atomic mass is 79.9. The van der Waals surface area contributed by atoms with Crippen molar-refractivity contribution < 1.29 is 0 Å². The lowest BCUT2D eigenvalue weighted by atomic mass is 9.99. The van der Waals surface area contributed by atoms with Crippen LogP contribution in [0, 0.1) is 6.92 Å². The van der Waals surface area contributed by atoms with Gasteiger partial charge in [0.25, 0.3) is 0 Å². The summed E-state index contributed by atoms with van der Waals surface area (Å²) < 4.78 is 1.19. The maximum atomic E-state index is 3.63. The molecule has 0 aliphatic carbocycles. The molecule has 3 aromatic carbocycles. The molecule has 0 amide bonds. The van der Waals surface area contributed by atoms with Crippen LogP contribution in [0.3, 0.4) is 0 Å². The summed E-state index contributed by atoms with van der Waals surface area (Å²) in [6.45, 7) is 2.15. The SMILES string of the molecule is Cc1sc(-c2cccc3cc4ccccc4cc23)cc1Br. The number of benzene rings is 3. The van der Waals surface area contributed by atoms with Gasteiger partial charge in [0.1, 0.15) is 0 Å². The molecule has 0 saturated heterocycles. The van der Waals surface area contributed by atoms with E-state index in [1.165, 1.54) is 41.3 Å². The molecular weight excluding hydrogens is 340 g/mol. The molecule has 1 heterocycles. The lowest BCUT2D eigenvalue weighted by Crippen LogP contribution is -1.80. The van der Waals surface area contributed by atoms with Crippen molar-refractivity contribution >= 4 is 48.8 Å². The lowest BCUT2D eigenvalue weighted by molar-refractivity contribution is 1.59. The highest BCUT2D eigenvalue weighted by Crippen LogP contribution is 2.38. The van der Waals surface area contributed by atoms with Crippen LogP contribution >= 0.6 is 27.3 Å². The Labute approximate surface area is 136 Å². The van der Waals surface area contributed by atoms with Crippen molar-refractivity contribution in [3.63, 3.8) is 0 Å². The molecule has 0 saturated carbocycles. The fraction of sp³-hybridized carbons (Fsp3) is 0.0526. The van der Waals surface area contributed by atoms with E-state index in [4.69, 9.17) is 0 Å². The molecule has 102 valence electrons. The first-order valence-electron chi connectivity index (χ1n) is 6.90. The van der Waals surface area contributed by atoms with Crippen LogP contribution in [0.5, 0.6) is 0 Å². The number of hydrogen-bond donors (Lipinski definition) is 0. The van der Waals surface area contributed by atoms with Crippen molar-refractivity contribution in [3.05, 3.63) is 70.0 Å². The zero-order valence-electron chi connectivity index (χ0n) is 11.6. The Kier molecular flexibility index (Phi) is 3.09. The normalized spacial score (nSPS) is 11.3. The van der Waals surface area contributed by atoms with E-state index in [-0.39, 0.29) is 0 Å². The van der Waals surface area contributed by atoms with E-state index in [9.17, 15) is 0 Å². The van der Waals surface area contributed by atoms with Gasteiger partial charge in [0, 0.05) is 14.2 Å².